The summed E-state index contributed by atoms with van der Waals surface area (Å²) in [5, 5.41) is 0. The Hall–Kier alpha value is -3.32. The smallest absolute Gasteiger partial charge is 0.189 e. The number of aromatic nitrogens is 3. The number of aryl methyl sites for hydroxylation is 1. The van der Waals surface area contributed by atoms with E-state index in [2.05, 4.69) is 32.0 Å². The van der Waals surface area contributed by atoms with Gasteiger partial charge in [-0.1, -0.05) is 18.2 Å². The van der Waals surface area contributed by atoms with E-state index in [4.69, 9.17) is 10.5 Å². The predicted octanol–water partition coefficient (Wildman–Crippen LogP) is 2.87. The highest BCUT2D eigenvalue weighted by molar-refractivity contribution is 6.00. The number of nitrogen functional groups attached to an aromatic ring is 1. The second-order valence-electron chi connectivity index (χ2n) is 7.99. The summed E-state index contributed by atoms with van der Waals surface area (Å²) in [5.41, 5.74) is 12.6. The van der Waals surface area contributed by atoms with Crippen LogP contribution in [0.5, 0.6) is 0 Å². The highest BCUT2D eigenvalue weighted by Gasteiger charge is 2.22. The van der Waals surface area contributed by atoms with Crippen molar-refractivity contribution in [2.45, 2.75) is 25.7 Å². The normalized spacial score (nSPS) is 15.7. The van der Waals surface area contributed by atoms with Crippen LogP contribution in [0.2, 0.25) is 0 Å². The third kappa shape index (κ3) is 3.88. The number of carbonyl (C=O) groups excluding carboxylic acids is 1. The molecule has 0 spiro atoms. The highest BCUT2D eigenvalue weighted by atomic mass is 16.5. The molecule has 0 atom stereocenters. The molecule has 0 unspecified atom stereocenters. The van der Waals surface area contributed by atoms with Gasteiger partial charge in [0.15, 0.2) is 11.6 Å². The molecule has 7 heteroatoms. The molecular formula is C24H25N5O2. The Bertz CT molecular complexity index is 1120. The fourth-order valence-corrected chi connectivity index (χ4v) is 4.52. The van der Waals surface area contributed by atoms with Crippen LogP contribution in [0.3, 0.4) is 0 Å². The molecule has 5 rings (SSSR count). The van der Waals surface area contributed by atoms with Gasteiger partial charge in [-0.3, -0.25) is 9.78 Å². The zero-order chi connectivity index (χ0) is 21.2. The van der Waals surface area contributed by atoms with Crippen LogP contribution in [0.15, 0.2) is 42.9 Å². The molecule has 2 aromatic heterocycles. The second-order valence-corrected chi connectivity index (χ2v) is 7.99. The number of morpholine rings is 1. The molecule has 2 N–H and O–H groups in total. The van der Waals surface area contributed by atoms with Crippen LogP contribution in [0.4, 0.5) is 11.5 Å². The molecule has 1 aromatic carbocycles. The van der Waals surface area contributed by atoms with Crippen molar-refractivity contribution in [1.82, 2.24) is 15.0 Å². The number of carbonyl (C=O) groups is 1. The third-order valence-corrected chi connectivity index (χ3v) is 6.07. The van der Waals surface area contributed by atoms with E-state index in [0.29, 0.717) is 18.9 Å². The largest absolute Gasteiger partial charge is 0.382 e. The maximum atomic E-state index is 13.2. The molecule has 2 aliphatic rings. The van der Waals surface area contributed by atoms with Crippen LogP contribution in [-0.2, 0) is 24.0 Å². The number of benzene rings is 1. The van der Waals surface area contributed by atoms with Crippen LogP contribution < -0.4 is 10.6 Å². The predicted molar refractivity (Wildman–Crippen MR) is 119 cm³/mol. The number of nitrogens with zero attached hydrogens (tertiary/aromatic N) is 4. The van der Waals surface area contributed by atoms with Crippen LogP contribution in [0.1, 0.15) is 33.6 Å². The topological polar surface area (TPSA) is 94.2 Å². The van der Waals surface area contributed by atoms with Gasteiger partial charge in [0.2, 0.25) is 0 Å². The van der Waals surface area contributed by atoms with Gasteiger partial charge in [-0.15, -0.1) is 0 Å². The van der Waals surface area contributed by atoms with E-state index in [1.54, 1.807) is 18.6 Å². The molecule has 0 amide bonds. The minimum absolute atomic E-state index is 0.151. The molecule has 3 heterocycles. The van der Waals surface area contributed by atoms with Gasteiger partial charge in [0, 0.05) is 48.7 Å². The van der Waals surface area contributed by atoms with Crippen LogP contribution >= 0.6 is 0 Å². The van der Waals surface area contributed by atoms with Crippen LogP contribution in [0, 0.1) is 0 Å². The first-order valence-corrected chi connectivity index (χ1v) is 10.7. The Morgan fingerprint density at radius 3 is 2.87 bits per heavy atom. The number of pyridine rings is 1. The summed E-state index contributed by atoms with van der Waals surface area (Å²) in [5.74, 6) is 0.0140. The van der Waals surface area contributed by atoms with E-state index < -0.39 is 0 Å². The Morgan fingerprint density at radius 2 is 2.00 bits per heavy atom. The van der Waals surface area contributed by atoms with E-state index in [-0.39, 0.29) is 23.7 Å². The molecule has 158 valence electrons. The van der Waals surface area contributed by atoms with E-state index in [9.17, 15) is 4.79 Å². The number of hydrogen-bond acceptors (Lipinski definition) is 7. The number of ketones is 1. The Labute approximate surface area is 181 Å². The molecule has 1 saturated heterocycles. The van der Waals surface area contributed by atoms with Crippen molar-refractivity contribution in [3.05, 3.63) is 65.2 Å². The van der Waals surface area contributed by atoms with Crippen molar-refractivity contribution in [2.75, 3.05) is 36.9 Å². The molecule has 0 bridgehead atoms. The molecule has 0 saturated carbocycles. The van der Waals surface area contributed by atoms with Gasteiger partial charge in [-0.25, -0.2) is 9.97 Å². The minimum Gasteiger partial charge on any atom is -0.382 e. The van der Waals surface area contributed by atoms with E-state index in [1.807, 2.05) is 12.1 Å². The average Bonchev–Trinajstić information content (AvgIpc) is 3.29. The Balaban J connectivity index is 1.45. The lowest BCUT2D eigenvalue weighted by atomic mass is 10.0. The summed E-state index contributed by atoms with van der Waals surface area (Å²) in [4.78, 5) is 28.7. The van der Waals surface area contributed by atoms with Crippen LogP contribution in [-0.4, -0.2) is 47.0 Å². The summed E-state index contributed by atoms with van der Waals surface area (Å²) in [6, 6.07) is 8.21. The fraction of sp³-hybridized carbons (Fsp3) is 0.333. The molecule has 1 fully saturated rings. The standard InChI is InChI=1S/C24H25N5O2/c25-24-23(28-20(15-27-24)19-6-2-4-16-3-1-5-18(16)19)22(30)13-17-14-26-8-7-21(17)29-9-11-31-12-10-29/h2,4,6-8,14-15H,1,3,5,9-13H2,(H2,25,27). The molecule has 31 heavy (non-hydrogen) atoms. The lowest BCUT2D eigenvalue weighted by molar-refractivity contribution is 0.0988. The average molecular weight is 415 g/mol. The Morgan fingerprint density at radius 1 is 1.13 bits per heavy atom. The second kappa shape index (κ2) is 8.43. The number of ether oxygens (including phenoxy) is 1. The Kier molecular flexibility index (Phi) is 5.34. The summed E-state index contributed by atoms with van der Waals surface area (Å²) >= 11 is 0. The van der Waals surface area contributed by atoms with Crippen molar-refractivity contribution < 1.29 is 9.53 Å². The third-order valence-electron chi connectivity index (χ3n) is 6.07. The minimum atomic E-state index is -0.151. The van der Waals surface area contributed by atoms with Crippen LogP contribution in [0.25, 0.3) is 11.3 Å². The lowest BCUT2D eigenvalue weighted by Gasteiger charge is -2.30. The van der Waals surface area contributed by atoms with Gasteiger partial charge in [-0.05, 0) is 36.5 Å². The number of rotatable bonds is 5. The van der Waals surface area contributed by atoms with Gasteiger partial charge in [-0.2, -0.15) is 0 Å². The number of fused-ring (bicyclic) bond motifs is 1. The van der Waals surface area contributed by atoms with Crippen molar-refractivity contribution >= 4 is 17.3 Å². The lowest BCUT2D eigenvalue weighted by Crippen LogP contribution is -2.37. The van der Waals surface area contributed by atoms with Gasteiger partial charge in [0.05, 0.1) is 25.1 Å². The quantitative estimate of drug-likeness (QED) is 0.640. The van der Waals surface area contributed by atoms with Crippen molar-refractivity contribution in [2.24, 2.45) is 0 Å². The summed E-state index contributed by atoms with van der Waals surface area (Å²) in [6.07, 6.45) is 8.61. The number of anilines is 2. The van der Waals surface area contributed by atoms with E-state index >= 15 is 0 Å². The van der Waals surface area contributed by atoms with E-state index in [1.165, 1.54) is 11.1 Å². The van der Waals surface area contributed by atoms with Gasteiger partial charge >= 0.3 is 0 Å². The van der Waals surface area contributed by atoms with Crippen molar-refractivity contribution in [3.63, 3.8) is 0 Å². The number of nitrogens with two attached hydrogens (primary N) is 1. The van der Waals surface area contributed by atoms with Gasteiger partial charge in [0.25, 0.3) is 0 Å². The van der Waals surface area contributed by atoms with Gasteiger partial charge < -0.3 is 15.4 Å². The van der Waals surface area contributed by atoms with Crippen molar-refractivity contribution in [1.29, 1.82) is 0 Å². The molecule has 0 radical (unpaired) electrons. The summed E-state index contributed by atoms with van der Waals surface area (Å²) in [7, 11) is 0. The molecule has 3 aromatic rings. The molecule has 1 aliphatic heterocycles. The zero-order valence-corrected chi connectivity index (χ0v) is 17.4. The molecule has 7 nitrogen and oxygen atoms in total. The molecule has 1 aliphatic carbocycles. The maximum absolute atomic E-state index is 13.2. The highest BCUT2D eigenvalue weighted by Crippen LogP contribution is 2.32. The SMILES string of the molecule is Nc1ncc(-c2cccc3c2CCC3)nc1C(=O)Cc1cnccc1N1CCOCC1. The monoisotopic (exact) mass is 415 g/mol. The first kappa shape index (κ1) is 19.6. The summed E-state index contributed by atoms with van der Waals surface area (Å²) in [6.45, 7) is 2.94. The first-order valence-electron chi connectivity index (χ1n) is 10.7. The van der Waals surface area contributed by atoms with Crippen molar-refractivity contribution in [3.8, 4) is 11.3 Å². The summed E-state index contributed by atoms with van der Waals surface area (Å²) < 4.78 is 5.46. The molecular weight excluding hydrogens is 390 g/mol. The maximum Gasteiger partial charge on any atom is 0.189 e. The van der Waals surface area contributed by atoms with Gasteiger partial charge in [0.1, 0.15) is 5.69 Å². The number of hydrogen-bond donors (Lipinski definition) is 1. The van der Waals surface area contributed by atoms with E-state index in [0.717, 1.165) is 49.2 Å². The fourth-order valence-electron chi connectivity index (χ4n) is 4.52. The zero-order valence-electron chi connectivity index (χ0n) is 17.4. The first-order chi connectivity index (χ1) is 15.2. The number of Topliss-reactive ketones (excluding diaryl/α,β-unsaturated/α-hetero) is 1.